The second-order valence-electron chi connectivity index (χ2n) is 4.78. The van der Waals surface area contributed by atoms with E-state index in [0.29, 0.717) is 5.75 Å². The van der Waals surface area contributed by atoms with Crippen molar-refractivity contribution in [3.8, 4) is 5.75 Å². The van der Waals surface area contributed by atoms with E-state index in [4.69, 9.17) is 9.84 Å². The van der Waals surface area contributed by atoms with Gasteiger partial charge in [-0.1, -0.05) is 6.07 Å². The average molecular weight is 281 g/mol. The average Bonchev–Trinajstić information content (AvgIpc) is 3.20. The normalized spacial score (nSPS) is 15.4. The van der Waals surface area contributed by atoms with Crippen LogP contribution in [0, 0.1) is 11.7 Å². The first-order chi connectivity index (χ1) is 9.56. The zero-order valence-corrected chi connectivity index (χ0v) is 10.8. The summed E-state index contributed by atoms with van der Waals surface area (Å²) >= 11 is 0. The lowest BCUT2D eigenvalue weighted by molar-refractivity contribution is -0.142. The second-order valence-corrected chi connectivity index (χ2v) is 4.78. The van der Waals surface area contributed by atoms with Crippen LogP contribution in [0.5, 0.6) is 5.75 Å². The summed E-state index contributed by atoms with van der Waals surface area (Å²) in [6.07, 6.45) is 1.70. The molecule has 1 atom stereocenters. The minimum atomic E-state index is -1.01. The minimum absolute atomic E-state index is 0.0347. The molecule has 0 radical (unpaired) electrons. The quantitative estimate of drug-likeness (QED) is 0.795. The first-order valence-corrected chi connectivity index (χ1v) is 6.47. The molecule has 5 nitrogen and oxygen atoms in total. The molecule has 2 rings (SSSR count). The van der Waals surface area contributed by atoms with Gasteiger partial charge in [0.1, 0.15) is 17.6 Å². The van der Waals surface area contributed by atoms with Crippen molar-refractivity contribution >= 4 is 11.9 Å². The number of carboxylic acids is 1. The Morgan fingerprint density at radius 2 is 2.20 bits per heavy atom. The van der Waals surface area contributed by atoms with Gasteiger partial charge in [0.15, 0.2) is 0 Å². The Labute approximate surface area is 115 Å². The summed E-state index contributed by atoms with van der Waals surface area (Å²) in [6, 6.07) is 4.81. The number of aliphatic carboxylic acids is 1. The Kier molecular flexibility index (Phi) is 4.55. The predicted octanol–water partition coefficient (Wildman–Crippen LogP) is 1.57. The first kappa shape index (κ1) is 14.3. The van der Waals surface area contributed by atoms with Gasteiger partial charge in [0.2, 0.25) is 5.91 Å². The number of benzene rings is 1. The highest BCUT2D eigenvalue weighted by Crippen LogP contribution is 2.32. The number of halogens is 1. The van der Waals surface area contributed by atoms with Crippen LogP contribution in [0.15, 0.2) is 24.3 Å². The first-order valence-electron chi connectivity index (χ1n) is 6.47. The molecule has 0 spiro atoms. The minimum Gasteiger partial charge on any atom is -0.493 e. The number of carbonyl (C=O) groups is 2. The van der Waals surface area contributed by atoms with Crippen molar-refractivity contribution in [2.75, 3.05) is 6.61 Å². The van der Waals surface area contributed by atoms with Crippen LogP contribution < -0.4 is 10.1 Å². The second kappa shape index (κ2) is 6.36. The van der Waals surface area contributed by atoms with Crippen LogP contribution in [0.3, 0.4) is 0 Å². The molecule has 0 aliphatic heterocycles. The zero-order chi connectivity index (χ0) is 14.5. The van der Waals surface area contributed by atoms with Gasteiger partial charge in [0.05, 0.1) is 13.0 Å². The summed E-state index contributed by atoms with van der Waals surface area (Å²) in [5.74, 6) is -1.41. The van der Waals surface area contributed by atoms with Gasteiger partial charge in [-0.05, 0) is 30.9 Å². The number of ether oxygens (including phenoxy) is 1. The Morgan fingerprint density at radius 1 is 1.45 bits per heavy atom. The Balaban J connectivity index is 1.73. The van der Waals surface area contributed by atoms with Crippen molar-refractivity contribution < 1.29 is 23.8 Å². The van der Waals surface area contributed by atoms with E-state index >= 15 is 0 Å². The van der Waals surface area contributed by atoms with E-state index in [1.165, 1.54) is 18.2 Å². The lowest BCUT2D eigenvalue weighted by atomic mass is 10.2. The van der Waals surface area contributed by atoms with E-state index in [-0.39, 0.29) is 24.9 Å². The molecule has 1 aliphatic rings. The summed E-state index contributed by atoms with van der Waals surface area (Å²) < 4.78 is 18.1. The van der Waals surface area contributed by atoms with Crippen molar-refractivity contribution in [2.45, 2.75) is 25.3 Å². The summed E-state index contributed by atoms with van der Waals surface area (Å²) in [7, 11) is 0. The van der Waals surface area contributed by atoms with Crippen LogP contribution in [0.2, 0.25) is 0 Å². The summed E-state index contributed by atoms with van der Waals surface area (Å²) in [6.45, 7) is 0.0757. The van der Waals surface area contributed by atoms with E-state index in [1.807, 2.05) is 0 Å². The smallest absolute Gasteiger partial charge is 0.326 e. The van der Waals surface area contributed by atoms with E-state index in [2.05, 4.69) is 5.32 Å². The number of carbonyl (C=O) groups excluding carboxylic acids is 1. The maximum Gasteiger partial charge on any atom is 0.326 e. The topological polar surface area (TPSA) is 75.6 Å². The maximum absolute atomic E-state index is 12.9. The molecule has 1 aliphatic carbocycles. The largest absolute Gasteiger partial charge is 0.493 e. The monoisotopic (exact) mass is 281 g/mol. The van der Waals surface area contributed by atoms with Crippen LogP contribution in [0.25, 0.3) is 0 Å². The van der Waals surface area contributed by atoms with Crippen molar-refractivity contribution in [3.05, 3.63) is 30.1 Å². The van der Waals surface area contributed by atoms with Gasteiger partial charge >= 0.3 is 5.97 Å². The van der Waals surface area contributed by atoms with Crippen molar-refractivity contribution in [2.24, 2.45) is 5.92 Å². The van der Waals surface area contributed by atoms with Gasteiger partial charge in [0, 0.05) is 6.07 Å². The highest BCUT2D eigenvalue weighted by atomic mass is 19.1. The van der Waals surface area contributed by atoms with Gasteiger partial charge < -0.3 is 15.2 Å². The maximum atomic E-state index is 12.9. The van der Waals surface area contributed by atoms with Crippen LogP contribution in [0.4, 0.5) is 4.39 Å². The van der Waals surface area contributed by atoms with Crippen LogP contribution in [0.1, 0.15) is 19.3 Å². The molecule has 0 bridgehead atoms. The molecular formula is C14H16FNO4. The number of hydrogen-bond donors (Lipinski definition) is 2. The van der Waals surface area contributed by atoms with Crippen molar-refractivity contribution in [3.63, 3.8) is 0 Å². The molecule has 20 heavy (non-hydrogen) atoms. The molecule has 1 aromatic carbocycles. The van der Waals surface area contributed by atoms with Crippen molar-refractivity contribution in [1.29, 1.82) is 0 Å². The molecule has 0 heterocycles. The fraction of sp³-hybridized carbons (Fsp3) is 0.429. The molecule has 1 aromatic rings. The molecular weight excluding hydrogens is 265 g/mol. The number of hydrogen-bond acceptors (Lipinski definition) is 3. The fourth-order valence-corrected chi connectivity index (χ4v) is 1.87. The number of carboxylic acid groups (broad SMARTS) is 1. The van der Waals surface area contributed by atoms with E-state index in [1.54, 1.807) is 6.07 Å². The molecule has 1 amide bonds. The van der Waals surface area contributed by atoms with Crippen LogP contribution >= 0.6 is 0 Å². The molecule has 0 saturated heterocycles. The summed E-state index contributed by atoms with van der Waals surface area (Å²) in [4.78, 5) is 22.6. The van der Waals surface area contributed by atoms with Crippen LogP contribution in [-0.4, -0.2) is 29.6 Å². The standard InChI is InChI=1S/C14H16FNO4/c15-10-2-1-3-11(8-10)20-7-6-12(17)16-13(14(18)19)9-4-5-9/h1-3,8-9,13H,4-7H2,(H,16,17)(H,18,19). The highest BCUT2D eigenvalue weighted by Gasteiger charge is 2.37. The van der Waals surface area contributed by atoms with Gasteiger partial charge in [-0.15, -0.1) is 0 Å². The number of amides is 1. The van der Waals surface area contributed by atoms with E-state index in [9.17, 15) is 14.0 Å². The predicted molar refractivity (Wildman–Crippen MR) is 68.8 cm³/mol. The molecule has 0 aromatic heterocycles. The Bertz CT molecular complexity index is 502. The molecule has 6 heteroatoms. The zero-order valence-electron chi connectivity index (χ0n) is 10.8. The SMILES string of the molecule is O=C(CCOc1cccc(F)c1)NC(C(=O)O)C1CC1. The van der Waals surface area contributed by atoms with Crippen molar-refractivity contribution in [1.82, 2.24) is 5.32 Å². The third kappa shape index (κ3) is 4.22. The Morgan fingerprint density at radius 3 is 2.80 bits per heavy atom. The number of rotatable bonds is 7. The van der Waals surface area contributed by atoms with Gasteiger partial charge in [-0.2, -0.15) is 0 Å². The summed E-state index contributed by atoms with van der Waals surface area (Å²) in [5.41, 5.74) is 0. The molecule has 108 valence electrons. The van der Waals surface area contributed by atoms with Gasteiger partial charge in [-0.25, -0.2) is 9.18 Å². The molecule has 1 unspecified atom stereocenters. The summed E-state index contributed by atoms with van der Waals surface area (Å²) in [5, 5.41) is 11.5. The van der Waals surface area contributed by atoms with E-state index in [0.717, 1.165) is 12.8 Å². The van der Waals surface area contributed by atoms with Gasteiger partial charge in [0.25, 0.3) is 0 Å². The third-order valence-electron chi connectivity index (χ3n) is 3.07. The number of nitrogens with one attached hydrogen (secondary N) is 1. The van der Waals surface area contributed by atoms with Gasteiger partial charge in [-0.3, -0.25) is 4.79 Å². The lowest BCUT2D eigenvalue weighted by Gasteiger charge is -2.13. The fourth-order valence-electron chi connectivity index (χ4n) is 1.87. The highest BCUT2D eigenvalue weighted by molar-refractivity contribution is 5.84. The lowest BCUT2D eigenvalue weighted by Crippen LogP contribution is -2.42. The Hall–Kier alpha value is -2.11. The van der Waals surface area contributed by atoms with Crippen LogP contribution in [-0.2, 0) is 9.59 Å². The molecule has 1 fully saturated rings. The molecule has 2 N–H and O–H groups in total. The molecule has 1 saturated carbocycles. The third-order valence-corrected chi connectivity index (χ3v) is 3.07. The van der Waals surface area contributed by atoms with E-state index < -0.39 is 17.8 Å².